The highest BCUT2D eigenvalue weighted by Crippen LogP contribution is 2.23. The summed E-state index contributed by atoms with van der Waals surface area (Å²) in [5, 5.41) is 3.57. The first kappa shape index (κ1) is 22.5. The van der Waals surface area contributed by atoms with Crippen molar-refractivity contribution < 1.29 is 9.18 Å². The third-order valence-corrected chi connectivity index (χ3v) is 6.34. The molecular formula is C24H33FN6O. The number of rotatable bonds is 9. The highest BCUT2D eigenvalue weighted by atomic mass is 19.1. The number of hydrogen-bond donors (Lipinski definition) is 1. The van der Waals surface area contributed by atoms with Crippen LogP contribution in [0.25, 0.3) is 0 Å². The summed E-state index contributed by atoms with van der Waals surface area (Å²) in [5.41, 5.74) is 0.934. The predicted octanol–water partition coefficient (Wildman–Crippen LogP) is 3.19. The van der Waals surface area contributed by atoms with Gasteiger partial charge >= 0.3 is 0 Å². The topological polar surface area (TPSA) is 64.6 Å². The van der Waals surface area contributed by atoms with Gasteiger partial charge in [0.15, 0.2) is 0 Å². The van der Waals surface area contributed by atoms with E-state index in [-0.39, 0.29) is 11.9 Å². The van der Waals surface area contributed by atoms with Gasteiger partial charge in [0.2, 0.25) is 0 Å². The van der Waals surface area contributed by atoms with E-state index in [1.165, 1.54) is 6.07 Å². The molecule has 0 aliphatic carbocycles. The Morgan fingerprint density at radius 2 is 1.94 bits per heavy atom. The van der Waals surface area contributed by atoms with Crippen LogP contribution in [0.15, 0.2) is 36.7 Å². The minimum Gasteiger partial charge on any atom is -0.369 e. The third kappa shape index (κ3) is 6.16. The first-order chi connectivity index (χ1) is 15.7. The molecule has 0 saturated carbocycles. The van der Waals surface area contributed by atoms with Gasteiger partial charge in [0, 0.05) is 63.5 Å². The fourth-order valence-electron chi connectivity index (χ4n) is 4.57. The highest BCUT2D eigenvalue weighted by molar-refractivity contribution is 5.51. The summed E-state index contributed by atoms with van der Waals surface area (Å²) in [7, 11) is 0. The van der Waals surface area contributed by atoms with Crippen LogP contribution in [-0.2, 0) is 4.79 Å². The zero-order valence-corrected chi connectivity index (χ0v) is 18.6. The van der Waals surface area contributed by atoms with E-state index in [0.717, 1.165) is 95.1 Å². The summed E-state index contributed by atoms with van der Waals surface area (Å²) in [6, 6.07) is 9.13. The van der Waals surface area contributed by atoms with Gasteiger partial charge in [-0.25, -0.2) is 14.4 Å². The molecule has 0 radical (unpaired) electrons. The molecule has 1 N–H and O–H groups in total. The van der Waals surface area contributed by atoms with Gasteiger partial charge in [-0.1, -0.05) is 6.07 Å². The van der Waals surface area contributed by atoms with Crippen molar-refractivity contribution >= 4 is 23.6 Å². The molecule has 1 aromatic carbocycles. The summed E-state index contributed by atoms with van der Waals surface area (Å²) >= 11 is 0. The van der Waals surface area contributed by atoms with E-state index in [4.69, 9.17) is 0 Å². The molecule has 8 heteroatoms. The van der Waals surface area contributed by atoms with Crippen LogP contribution >= 0.6 is 0 Å². The van der Waals surface area contributed by atoms with E-state index in [2.05, 4.69) is 30.0 Å². The Labute approximate surface area is 189 Å². The number of anilines is 3. The maximum atomic E-state index is 13.6. The van der Waals surface area contributed by atoms with Crippen molar-refractivity contribution in [3.63, 3.8) is 0 Å². The maximum absolute atomic E-state index is 13.6. The van der Waals surface area contributed by atoms with Crippen LogP contribution in [0.3, 0.4) is 0 Å². The molecule has 0 unspecified atom stereocenters. The van der Waals surface area contributed by atoms with Crippen molar-refractivity contribution in [2.24, 2.45) is 0 Å². The Hall–Kier alpha value is -2.74. The third-order valence-electron chi connectivity index (χ3n) is 6.34. The summed E-state index contributed by atoms with van der Waals surface area (Å²) in [6.45, 7) is 6.74. The zero-order valence-electron chi connectivity index (χ0n) is 18.6. The first-order valence-electron chi connectivity index (χ1n) is 11.7. The number of hydrogen-bond acceptors (Lipinski definition) is 7. The highest BCUT2D eigenvalue weighted by Gasteiger charge is 2.22. The second kappa shape index (κ2) is 11.2. The molecule has 3 heterocycles. The summed E-state index contributed by atoms with van der Waals surface area (Å²) in [5.74, 6) is 1.61. The number of nitrogens with one attached hydrogen (secondary N) is 1. The van der Waals surface area contributed by atoms with E-state index in [0.29, 0.717) is 6.42 Å². The fraction of sp³-hybridized carbons (Fsp3) is 0.542. The quantitative estimate of drug-likeness (QED) is 0.475. The van der Waals surface area contributed by atoms with Gasteiger partial charge in [0.05, 0.1) is 0 Å². The normalized spacial score (nSPS) is 19.7. The zero-order chi connectivity index (χ0) is 22.2. The van der Waals surface area contributed by atoms with Crippen LogP contribution in [0.4, 0.5) is 21.7 Å². The van der Waals surface area contributed by atoms with Crippen molar-refractivity contribution in [1.29, 1.82) is 0 Å². The number of piperazine rings is 1. The Kier molecular flexibility index (Phi) is 7.87. The minimum atomic E-state index is -0.195. The van der Waals surface area contributed by atoms with E-state index in [1.807, 2.05) is 12.1 Å². The van der Waals surface area contributed by atoms with E-state index in [9.17, 15) is 9.18 Å². The van der Waals surface area contributed by atoms with Crippen LogP contribution in [-0.4, -0.2) is 73.0 Å². The van der Waals surface area contributed by atoms with Crippen LogP contribution in [0.1, 0.15) is 32.1 Å². The Morgan fingerprint density at radius 1 is 1.06 bits per heavy atom. The van der Waals surface area contributed by atoms with E-state index < -0.39 is 0 Å². The number of nitrogens with zero attached hydrogens (tertiary/aromatic N) is 5. The van der Waals surface area contributed by atoms with Gasteiger partial charge in [0.1, 0.15) is 30.1 Å². The lowest BCUT2D eigenvalue weighted by Crippen LogP contribution is -2.47. The smallest absolute Gasteiger partial charge is 0.134 e. The van der Waals surface area contributed by atoms with Gasteiger partial charge in [-0.2, -0.15) is 0 Å². The number of halogens is 1. The van der Waals surface area contributed by atoms with Gasteiger partial charge < -0.3 is 19.9 Å². The number of piperidine rings is 1. The Balaban J connectivity index is 1.29. The van der Waals surface area contributed by atoms with Gasteiger partial charge in [-0.3, -0.25) is 4.90 Å². The van der Waals surface area contributed by atoms with Gasteiger partial charge in [-0.05, 0) is 50.4 Å². The van der Waals surface area contributed by atoms with Crippen LogP contribution in [0.5, 0.6) is 0 Å². The Morgan fingerprint density at radius 3 is 2.75 bits per heavy atom. The largest absolute Gasteiger partial charge is 0.369 e. The summed E-state index contributed by atoms with van der Waals surface area (Å²) in [4.78, 5) is 26.4. The molecule has 2 aromatic rings. The number of benzene rings is 1. The van der Waals surface area contributed by atoms with Crippen molar-refractivity contribution in [2.45, 2.75) is 38.1 Å². The minimum absolute atomic E-state index is 0.195. The lowest BCUT2D eigenvalue weighted by Gasteiger charge is -2.36. The number of carbonyl (C=O) groups excluding carboxylic acids is 1. The SMILES string of the molecule is O=CCCCCN1CCN(c2cc(N[C@@H]3CCCN(c4cccc(F)c4)C3)ncn2)CC1. The second-order valence-corrected chi connectivity index (χ2v) is 8.66. The average molecular weight is 441 g/mol. The molecule has 0 amide bonds. The number of aromatic nitrogens is 2. The molecule has 2 saturated heterocycles. The molecule has 32 heavy (non-hydrogen) atoms. The van der Waals surface area contributed by atoms with Crippen molar-refractivity contribution in [3.05, 3.63) is 42.5 Å². The van der Waals surface area contributed by atoms with Gasteiger partial charge in [0.25, 0.3) is 0 Å². The first-order valence-corrected chi connectivity index (χ1v) is 11.7. The molecule has 4 rings (SSSR count). The van der Waals surface area contributed by atoms with Crippen LogP contribution < -0.4 is 15.1 Å². The lowest BCUT2D eigenvalue weighted by molar-refractivity contribution is -0.107. The van der Waals surface area contributed by atoms with Crippen LogP contribution in [0, 0.1) is 5.82 Å². The molecule has 2 aliphatic heterocycles. The molecular weight excluding hydrogens is 407 g/mol. The molecule has 172 valence electrons. The van der Waals surface area contributed by atoms with Gasteiger partial charge in [-0.15, -0.1) is 0 Å². The van der Waals surface area contributed by atoms with Crippen molar-refractivity contribution in [2.75, 3.05) is 60.9 Å². The molecule has 2 aliphatic rings. The molecule has 7 nitrogen and oxygen atoms in total. The van der Waals surface area contributed by atoms with Crippen molar-refractivity contribution in [3.8, 4) is 0 Å². The number of carbonyl (C=O) groups is 1. The molecule has 1 atom stereocenters. The standard InChI is InChI=1S/C24H33FN6O/c25-20-6-4-8-22(16-20)31-10-5-7-21(18-31)28-23-17-24(27-19-26-23)30-13-11-29(12-14-30)9-2-1-3-15-32/h4,6,8,15-17,19,21H,1-3,5,7,9-14,18H2,(H,26,27,28)/t21-/m1/s1. The second-order valence-electron chi connectivity index (χ2n) is 8.66. The fourth-order valence-corrected chi connectivity index (χ4v) is 4.57. The molecule has 0 spiro atoms. The van der Waals surface area contributed by atoms with Crippen molar-refractivity contribution in [1.82, 2.24) is 14.9 Å². The number of aldehydes is 1. The Bertz CT molecular complexity index is 873. The maximum Gasteiger partial charge on any atom is 0.134 e. The van der Waals surface area contributed by atoms with Crippen LogP contribution in [0.2, 0.25) is 0 Å². The van der Waals surface area contributed by atoms with E-state index >= 15 is 0 Å². The molecule has 1 aromatic heterocycles. The summed E-state index contributed by atoms with van der Waals surface area (Å²) < 4.78 is 13.6. The van der Waals surface area contributed by atoms with E-state index in [1.54, 1.807) is 18.5 Å². The number of unbranched alkanes of at least 4 members (excludes halogenated alkanes) is 2. The molecule has 0 bridgehead atoms. The average Bonchev–Trinajstić information content (AvgIpc) is 2.83. The molecule has 2 fully saturated rings. The monoisotopic (exact) mass is 440 g/mol. The lowest BCUT2D eigenvalue weighted by atomic mass is 10.0. The summed E-state index contributed by atoms with van der Waals surface area (Å²) in [6.07, 6.45) is 7.48. The predicted molar refractivity (Wildman–Crippen MR) is 126 cm³/mol.